The Kier molecular flexibility index (Phi) is 7.69. The molecule has 1 aromatic rings. The summed E-state index contributed by atoms with van der Waals surface area (Å²) in [4.78, 5) is 42.7. The summed E-state index contributed by atoms with van der Waals surface area (Å²) < 4.78 is 26.1. The van der Waals surface area contributed by atoms with Gasteiger partial charge in [0.05, 0.1) is 17.6 Å². The molecule has 7 N–H and O–H groups in total. The molecule has 11 nitrogen and oxygen atoms in total. The maximum Gasteiger partial charge on any atom is 0.255 e. The first-order chi connectivity index (χ1) is 18.7. The van der Waals surface area contributed by atoms with Crippen molar-refractivity contribution < 1.29 is 43.6 Å². The molecule has 4 atom stereocenters. The first kappa shape index (κ1) is 29.4. The van der Waals surface area contributed by atoms with Gasteiger partial charge in [-0.1, -0.05) is 0 Å². The van der Waals surface area contributed by atoms with Gasteiger partial charge in [0, 0.05) is 43.4 Å². The Balaban J connectivity index is 1.91. The zero-order chi connectivity index (χ0) is 29.8. The standard InChI is InChI=1S/C27H34F2N4O7/c1-32(2)16-7-12(10-31-13(8-28)9-29)21(34)18-14(16)5-11-6-15-20(33(3)4)23(36)19(26(30)39)25(38)27(15,40)24(37)17(11)22(18)35/h7,11,13,15,20,31,34,36-37,40H,5-6,8-10H2,1-4H3,(H2,30,39). The normalized spacial score (nSPS) is 26.3. The predicted molar refractivity (Wildman–Crippen MR) is 141 cm³/mol. The molecular formula is C27H34F2N4O7. The molecule has 40 heavy (non-hydrogen) atoms. The molecule has 4 rings (SSSR count). The average Bonchev–Trinajstić information content (AvgIpc) is 2.87. The number of allylic oxidation sites excluding steroid dienone is 1. The lowest BCUT2D eigenvalue weighted by Crippen LogP contribution is -2.63. The number of carbonyl (C=O) groups excluding carboxylic acids is 3. The van der Waals surface area contributed by atoms with Crippen molar-refractivity contribution in [2.24, 2.45) is 17.6 Å². The first-order valence-corrected chi connectivity index (χ1v) is 12.8. The van der Waals surface area contributed by atoms with Crippen LogP contribution < -0.4 is 16.0 Å². The van der Waals surface area contributed by atoms with Gasteiger partial charge in [-0.15, -0.1) is 0 Å². The number of anilines is 1. The number of hydrogen-bond donors (Lipinski definition) is 6. The van der Waals surface area contributed by atoms with E-state index in [-0.39, 0.29) is 36.1 Å². The quantitative estimate of drug-likeness (QED) is 0.245. The van der Waals surface area contributed by atoms with Crippen LogP contribution in [0, 0.1) is 11.8 Å². The number of aliphatic hydroxyl groups excluding tert-OH is 2. The molecular weight excluding hydrogens is 530 g/mol. The van der Waals surface area contributed by atoms with E-state index in [0.717, 1.165) is 0 Å². The zero-order valence-corrected chi connectivity index (χ0v) is 22.7. The number of aromatic hydroxyl groups is 1. The molecule has 0 saturated heterocycles. The molecule has 0 radical (unpaired) electrons. The fourth-order valence-electron chi connectivity index (χ4n) is 6.29. The molecule has 0 fully saturated rings. The van der Waals surface area contributed by atoms with Crippen LogP contribution in [0.25, 0.3) is 0 Å². The van der Waals surface area contributed by atoms with E-state index < -0.39 is 83.2 Å². The lowest BCUT2D eigenvalue weighted by atomic mass is 9.58. The van der Waals surface area contributed by atoms with Gasteiger partial charge in [-0.2, -0.15) is 0 Å². The van der Waals surface area contributed by atoms with Gasteiger partial charge in [0.2, 0.25) is 5.78 Å². The van der Waals surface area contributed by atoms with Crippen LogP contribution in [0.3, 0.4) is 0 Å². The largest absolute Gasteiger partial charge is 0.510 e. The van der Waals surface area contributed by atoms with Gasteiger partial charge in [-0.05, 0) is 44.5 Å². The summed E-state index contributed by atoms with van der Waals surface area (Å²) in [5.74, 6) is -7.35. The van der Waals surface area contributed by atoms with Crippen LogP contribution in [-0.2, 0) is 22.6 Å². The van der Waals surface area contributed by atoms with E-state index in [4.69, 9.17) is 5.73 Å². The van der Waals surface area contributed by atoms with E-state index in [2.05, 4.69) is 5.32 Å². The lowest BCUT2D eigenvalue weighted by Gasteiger charge is -2.50. The number of hydrogen-bond acceptors (Lipinski definition) is 10. The van der Waals surface area contributed by atoms with E-state index >= 15 is 0 Å². The molecule has 1 aromatic carbocycles. The highest BCUT2D eigenvalue weighted by Crippen LogP contribution is 2.53. The molecule has 13 heteroatoms. The van der Waals surface area contributed by atoms with E-state index in [0.29, 0.717) is 11.3 Å². The SMILES string of the molecule is CN(C)c1cc(CNC(CF)CF)c(O)c2c1CC1CC3C(N(C)C)C(O)=C(C(N)=O)C(=O)C3(O)C(O)=C1C2=O. The van der Waals surface area contributed by atoms with Crippen LogP contribution in [-0.4, -0.2) is 102 Å². The summed E-state index contributed by atoms with van der Waals surface area (Å²) in [6, 6.07) is -0.587. The number of primary amides is 1. The number of phenolic OH excluding ortho intramolecular Hbond substituents is 1. The number of nitrogens with one attached hydrogen (secondary N) is 1. The van der Waals surface area contributed by atoms with Crippen LogP contribution >= 0.6 is 0 Å². The topological polar surface area (TPSA) is 177 Å². The number of halogens is 2. The molecule has 0 aliphatic heterocycles. The molecule has 0 bridgehead atoms. The number of nitrogens with two attached hydrogens (primary N) is 1. The Hall–Kier alpha value is -3.55. The molecule has 0 heterocycles. The van der Waals surface area contributed by atoms with Gasteiger partial charge in [0.1, 0.15) is 36.2 Å². The summed E-state index contributed by atoms with van der Waals surface area (Å²) in [6.45, 7) is -2.13. The Morgan fingerprint density at radius 1 is 1.18 bits per heavy atom. The second-order valence-electron chi connectivity index (χ2n) is 11.0. The van der Waals surface area contributed by atoms with E-state index in [1.165, 1.54) is 4.90 Å². The van der Waals surface area contributed by atoms with E-state index in [1.807, 2.05) is 0 Å². The van der Waals surface area contributed by atoms with Crippen molar-refractivity contribution in [3.63, 3.8) is 0 Å². The van der Waals surface area contributed by atoms with E-state index in [1.54, 1.807) is 39.2 Å². The van der Waals surface area contributed by atoms with Crippen molar-refractivity contribution in [2.45, 2.75) is 37.1 Å². The van der Waals surface area contributed by atoms with Crippen LogP contribution in [0.4, 0.5) is 14.5 Å². The summed E-state index contributed by atoms with van der Waals surface area (Å²) in [7, 11) is 6.56. The third kappa shape index (κ3) is 4.23. The third-order valence-corrected chi connectivity index (χ3v) is 8.21. The lowest BCUT2D eigenvalue weighted by molar-refractivity contribution is -0.148. The molecule has 218 valence electrons. The fourth-order valence-corrected chi connectivity index (χ4v) is 6.29. The van der Waals surface area contributed by atoms with Gasteiger partial charge >= 0.3 is 0 Å². The third-order valence-electron chi connectivity index (χ3n) is 8.21. The molecule has 0 aromatic heterocycles. The van der Waals surface area contributed by atoms with Gasteiger partial charge in [-0.25, -0.2) is 8.78 Å². The van der Waals surface area contributed by atoms with E-state index in [9.17, 15) is 43.6 Å². The molecule has 0 spiro atoms. The number of phenols is 1. The Morgan fingerprint density at radius 3 is 2.33 bits per heavy atom. The highest BCUT2D eigenvalue weighted by atomic mass is 19.1. The Labute approximate surface area is 229 Å². The van der Waals surface area contributed by atoms with Crippen molar-refractivity contribution in [1.29, 1.82) is 0 Å². The van der Waals surface area contributed by atoms with Crippen LogP contribution in [0.5, 0.6) is 5.75 Å². The maximum absolute atomic E-state index is 14.0. The second-order valence-corrected chi connectivity index (χ2v) is 11.0. The van der Waals surface area contributed by atoms with Gasteiger partial charge < -0.3 is 36.4 Å². The summed E-state index contributed by atoms with van der Waals surface area (Å²) in [5.41, 5.74) is 2.47. The van der Waals surface area contributed by atoms with Crippen LogP contribution in [0.15, 0.2) is 28.7 Å². The highest BCUT2D eigenvalue weighted by molar-refractivity contribution is 6.24. The summed E-state index contributed by atoms with van der Waals surface area (Å²) in [5, 5.41) is 47.8. The van der Waals surface area contributed by atoms with Crippen molar-refractivity contribution in [3.8, 4) is 5.75 Å². The number of fused-ring (bicyclic) bond motifs is 3. The Morgan fingerprint density at radius 2 is 1.80 bits per heavy atom. The number of carbonyl (C=O) groups is 3. The summed E-state index contributed by atoms with van der Waals surface area (Å²) in [6.07, 6.45) is 0.0955. The van der Waals surface area contributed by atoms with Crippen LogP contribution in [0.2, 0.25) is 0 Å². The summed E-state index contributed by atoms with van der Waals surface area (Å²) >= 11 is 0. The number of ketones is 2. The first-order valence-electron chi connectivity index (χ1n) is 12.8. The molecule has 3 aliphatic rings. The van der Waals surface area contributed by atoms with Crippen molar-refractivity contribution in [1.82, 2.24) is 10.2 Å². The molecule has 4 unspecified atom stereocenters. The van der Waals surface area contributed by atoms with Gasteiger partial charge in [0.15, 0.2) is 11.4 Å². The van der Waals surface area contributed by atoms with Gasteiger partial charge in [0.25, 0.3) is 5.91 Å². The minimum absolute atomic E-state index is 0.0304. The number of nitrogens with zero attached hydrogens (tertiary/aromatic N) is 2. The monoisotopic (exact) mass is 564 g/mol. The minimum Gasteiger partial charge on any atom is -0.510 e. The van der Waals surface area contributed by atoms with Crippen molar-refractivity contribution in [2.75, 3.05) is 46.4 Å². The zero-order valence-electron chi connectivity index (χ0n) is 22.7. The minimum atomic E-state index is -2.74. The number of likely N-dealkylation sites (N-methyl/N-ethyl adjacent to an activating group) is 1. The number of Topliss-reactive ketones (excluding diaryl/α,β-unsaturated/α-hetero) is 2. The number of rotatable bonds is 8. The average molecular weight is 565 g/mol. The number of amides is 1. The maximum atomic E-state index is 14.0. The molecule has 1 amide bonds. The number of benzene rings is 1. The van der Waals surface area contributed by atoms with Crippen molar-refractivity contribution in [3.05, 3.63) is 45.4 Å². The Bertz CT molecular complexity index is 1340. The highest BCUT2D eigenvalue weighted by Gasteiger charge is 2.63. The fraction of sp³-hybridized carbons (Fsp3) is 0.519. The molecule has 3 aliphatic carbocycles. The number of alkyl halides is 2. The number of aliphatic hydroxyl groups is 3. The predicted octanol–water partition coefficient (Wildman–Crippen LogP) is 0.584. The van der Waals surface area contributed by atoms with Gasteiger partial charge in [-0.3, -0.25) is 19.3 Å². The second kappa shape index (κ2) is 10.5. The molecule has 0 saturated carbocycles. The van der Waals surface area contributed by atoms with Crippen LogP contribution in [0.1, 0.15) is 27.9 Å². The smallest absolute Gasteiger partial charge is 0.255 e. The van der Waals surface area contributed by atoms with Crippen molar-refractivity contribution >= 4 is 23.2 Å².